The van der Waals surface area contributed by atoms with Crippen molar-refractivity contribution in [1.82, 2.24) is 0 Å². The fourth-order valence-electron chi connectivity index (χ4n) is 2.02. The maximum absolute atomic E-state index is 8.96. The second-order valence-corrected chi connectivity index (χ2v) is 4.40. The molecule has 0 N–H and O–H groups in total. The highest BCUT2D eigenvalue weighted by atomic mass is 16.5. The first-order valence-electron chi connectivity index (χ1n) is 6.56. The standard InChI is InChI=1S/C17H17NO2/c1-3-14-6-4-5-7-16(14)20-12-13-8-9-15(11-18)17(10-13)19-2/h4-10H,3,12H2,1-2H3. The molecule has 0 amide bonds. The highest BCUT2D eigenvalue weighted by Gasteiger charge is 2.05. The Morgan fingerprint density at radius 2 is 1.90 bits per heavy atom. The minimum absolute atomic E-state index is 0.457. The SMILES string of the molecule is CCc1ccccc1OCc1ccc(C#N)c(OC)c1. The van der Waals surface area contributed by atoms with E-state index in [1.54, 1.807) is 13.2 Å². The minimum Gasteiger partial charge on any atom is -0.495 e. The summed E-state index contributed by atoms with van der Waals surface area (Å²) in [7, 11) is 1.56. The summed E-state index contributed by atoms with van der Waals surface area (Å²) in [5, 5.41) is 8.96. The van der Waals surface area contributed by atoms with Gasteiger partial charge in [-0.15, -0.1) is 0 Å². The Labute approximate surface area is 119 Å². The normalized spacial score (nSPS) is 9.85. The van der Waals surface area contributed by atoms with Gasteiger partial charge in [-0.25, -0.2) is 0 Å². The Kier molecular flexibility index (Phi) is 4.62. The molecule has 102 valence electrons. The Hall–Kier alpha value is -2.47. The molecule has 20 heavy (non-hydrogen) atoms. The van der Waals surface area contributed by atoms with Crippen molar-refractivity contribution in [2.24, 2.45) is 0 Å². The van der Waals surface area contributed by atoms with Gasteiger partial charge in [-0.2, -0.15) is 5.26 Å². The van der Waals surface area contributed by atoms with E-state index in [1.165, 1.54) is 5.56 Å². The molecular formula is C17H17NO2. The maximum Gasteiger partial charge on any atom is 0.137 e. The summed E-state index contributed by atoms with van der Waals surface area (Å²) in [4.78, 5) is 0. The monoisotopic (exact) mass is 267 g/mol. The van der Waals surface area contributed by atoms with Gasteiger partial charge < -0.3 is 9.47 Å². The van der Waals surface area contributed by atoms with Gasteiger partial charge in [-0.05, 0) is 35.7 Å². The molecule has 0 aliphatic carbocycles. The summed E-state index contributed by atoms with van der Waals surface area (Å²) in [6.07, 6.45) is 0.937. The van der Waals surface area contributed by atoms with Crippen molar-refractivity contribution in [1.29, 1.82) is 5.26 Å². The van der Waals surface area contributed by atoms with E-state index in [4.69, 9.17) is 14.7 Å². The quantitative estimate of drug-likeness (QED) is 0.829. The number of hydrogen-bond donors (Lipinski definition) is 0. The first kappa shape index (κ1) is 14.0. The van der Waals surface area contributed by atoms with Gasteiger partial charge in [0.05, 0.1) is 12.7 Å². The average Bonchev–Trinajstić information content (AvgIpc) is 2.52. The molecule has 0 bridgehead atoms. The van der Waals surface area contributed by atoms with Crippen LogP contribution in [0, 0.1) is 11.3 Å². The topological polar surface area (TPSA) is 42.2 Å². The van der Waals surface area contributed by atoms with Crippen molar-refractivity contribution in [2.75, 3.05) is 7.11 Å². The zero-order valence-electron chi connectivity index (χ0n) is 11.7. The van der Waals surface area contributed by atoms with Crippen LogP contribution in [0.4, 0.5) is 0 Å². The van der Waals surface area contributed by atoms with Gasteiger partial charge in [0.15, 0.2) is 0 Å². The molecule has 0 saturated heterocycles. The smallest absolute Gasteiger partial charge is 0.137 e. The van der Waals surface area contributed by atoms with Crippen LogP contribution < -0.4 is 9.47 Å². The molecule has 0 unspecified atom stereocenters. The Balaban J connectivity index is 2.13. The third-order valence-electron chi connectivity index (χ3n) is 3.13. The van der Waals surface area contributed by atoms with Crippen LogP contribution in [0.15, 0.2) is 42.5 Å². The zero-order valence-corrected chi connectivity index (χ0v) is 11.7. The van der Waals surface area contributed by atoms with E-state index >= 15 is 0 Å². The third-order valence-corrected chi connectivity index (χ3v) is 3.13. The minimum atomic E-state index is 0.457. The van der Waals surface area contributed by atoms with Crippen molar-refractivity contribution in [3.63, 3.8) is 0 Å². The molecule has 0 spiro atoms. The van der Waals surface area contributed by atoms with E-state index in [1.807, 2.05) is 30.3 Å². The van der Waals surface area contributed by atoms with Crippen molar-refractivity contribution >= 4 is 0 Å². The molecule has 2 aromatic rings. The molecule has 3 nitrogen and oxygen atoms in total. The summed E-state index contributed by atoms with van der Waals surface area (Å²) in [5.74, 6) is 1.48. The second kappa shape index (κ2) is 6.63. The zero-order chi connectivity index (χ0) is 14.4. The van der Waals surface area contributed by atoms with Crippen molar-refractivity contribution < 1.29 is 9.47 Å². The average molecular weight is 267 g/mol. The van der Waals surface area contributed by atoms with Crippen LogP contribution in [0.25, 0.3) is 0 Å². The summed E-state index contributed by atoms with van der Waals surface area (Å²) < 4.78 is 11.0. The molecule has 0 heterocycles. The van der Waals surface area contributed by atoms with E-state index in [0.29, 0.717) is 17.9 Å². The lowest BCUT2D eigenvalue weighted by Crippen LogP contribution is -1.99. The number of rotatable bonds is 5. The maximum atomic E-state index is 8.96. The van der Waals surface area contributed by atoms with E-state index < -0.39 is 0 Å². The molecule has 0 saturated carbocycles. The first-order chi connectivity index (χ1) is 9.78. The van der Waals surface area contributed by atoms with Gasteiger partial charge in [0.2, 0.25) is 0 Å². The van der Waals surface area contributed by atoms with Crippen LogP contribution in [-0.4, -0.2) is 7.11 Å². The molecule has 0 aliphatic heterocycles. The summed E-state index contributed by atoms with van der Waals surface area (Å²) in [6.45, 7) is 2.56. The fraction of sp³-hybridized carbons (Fsp3) is 0.235. The number of para-hydroxylation sites is 1. The van der Waals surface area contributed by atoms with Gasteiger partial charge in [0.25, 0.3) is 0 Å². The largest absolute Gasteiger partial charge is 0.495 e. The van der Waals surface area contributed by atoms with E-state index in [2.05, 4.69) is 19.1 Å². The predicted octanol–water partition coefficient (Wildman–Crippen LogP) is 3.71. The molecule has 3 heteroatoms. The van der Waals surface area contributed by atoms with Crippen LogP contribution in [0.5, 0.6) is 11.5 Å². The van der Waals surface area contributed by atoms with Crippen molar-refractivity contribution in [3.8, 4) is 17.6 Å². The molecular weight excluding hydrogens is 250 g/mol. The molecule has 2 rings (SSSR count). The Bertz CT molecular complexity index is 629. The molecule has 0 aliphatic rings. The molecule has 0 aromatic heterocycles. The summed E-state index contributed by atoms with van der Waals surface area (Å²) >= 11 is 0. The summed E-state index contributed by atoms with van der Waals surface area (Å²) in [6, 6.07) is 15.6. The van der Waals surface area contributed by atoms with Crippen molar-refractivity contribution in [3.05, 3.63) is 59.2 Å². The molecule has 2 aromatic carbocycles. The van der Waals surface area contributed by atoms with Gasteiger partial charge in [-0.1, -0.05) is 31.2 Å². The number of nitriles is 1. The van der Waals surface area contributed by atoms with E-state index in [-0.39, 0.29) is 0 Å². The van der Waals surface area contributed by atoms with E-state index in [9.17, 15) is 0 Å². The van der Waals surface area contributed by atoms with Gasteiger partial charge in [-0.3, -0.25) is 0 Å². The van der Waals surface area contributed by atoms with Crippen LogP contribution >= 0.6 is 0 Å². The Morgan fingerprint density at radius 1 is 1.10 bits per heavy atom. The second-order valence-electron chi connectivity index (χ2n) is 4.40. The lowest BCUT2D eigenvalue weighted by molar-refractivity contribution is 0.302. The lowest BCUT2D eigenvalue weighted by atomic mass is 10.1. The highest BCUT2D eigenvalue weighted by Crippen LogP contribution is 2.22. The first-order valence-corrected chi connectivity index (χ1v) is 6.56. The molecule has 0 fully saturated rings. The number of nitrogens with zero attached hydrogens (tertiary/aromatic N) is 1. The fourth-order valence-corrected chi connectivity index (χ4v) is 2.02. The number of benzene rings is 2. The number of ether oxygens (including phenoxy) is 2. The number of aryl methyl sites for hydroxylation is 1. The van der Waals surface area contributed by atoms with Crippen LogP contribution in [0.3, 0.4) is 0 Å². The predicted molar refractivity (Wildman–Crippen MR) is 77.9 cm³/mol. The van der Waals surface area contributed by atoms with Gasteiger partial charge in [0, 0.05) is 0 Å². The van der Waals surface area contributed by atoms with Crippen LogP contribution in [0.1, 0.15) is 23.6 Å². The third kappa shape index (κ3) is 3.10. The van der Waals surface area contributed by atoms with Crippen molar-refractivity contribution in [2.45, 2.75) is 20.0 Å². The van der Waals surface area contributed by atoms with Crippen LogP contribution in [0.2, 0.25) is 0 Å². The van der Waals surface area contributed by atoms with E-state index in [0.717, 1.165) is 17.7 Å². The number of hydrogen-bond acceptors (Lipinski definition) is 3. The number of methoxy groups -OCH3 is 1. The molecule has 0 atom stereocenters. The molecule has 0 radical (unpaired) electrons. The van der Waals surface area contributed by atoms with Crippen LogP contribution in [-0.2, 0) is 13.0 Å². The van der Waals surface area contributed by atoms with Gasteiger partial charge >= 0.3 is 0 Å². The highest BCUT2D eigenvalue weighted by molar-refractivity contribution is 5.45. The lowest BCUT2D eigenvalue weighted by Gasteiger charge is -2.11. The van der Waals surface area contributed by atoms with Gasteiger partial charge in [0.1, 0.15) is 24.2 Å². The summed E-state index contributed by atoms with van der Waals surface area (Å²) in [5.41, 5.74) is 2.70. The Morgan fingerprint density at radius 3 is 2.60 bits per heavy atom.